The van der Waals surface area contributed by atoms with Crippen LogP contribution in [-0.2, 0) is 14.8 Å². The molecular weight excluding hydrogens is 570 g/mol. The van der Waals surface area contributed by atoms with Crippen LogP contribution in [0.15, 0.2) is 96.2 Å². The molecule has 43 heavy (non-hydrogen) atoms. The molecule has 224 valence electrons. The van der Waals surface area contributed by atoms with Crippen molar-refractivity contribution in [3.05, 3.63) is 96.8 Å². The summed E-state index contributed by atoms with van der Waals surface area (Å²) >= 11 is 0. The zero-order valence-electron chi connectivity index (χ0n) is 23.2. The number of nitrogens with zero attached hydrogens (tertiary/aromatic N) is 1. The SMILES string of the molecule is O=C(NC(CCCCNC1NC=CCN1)(NS(=O)(=O)c1ccc(-c2ccccc2)cc1)C(=O)O)c1ccc2[nH]ncc2c1. The van der Waals surface area contributed by atoms with Crippen LogP contribution in [0.5, 0.6) is 0 Å². The summed E-state index contributed by atoms with van der Waals surface area (Å²) in [4.78, 5) is 26.1. The molecule has 0 spiro atoms. The monoisotopic (exact) mass is 603 g/mol. The van der Waals surface area contributed by atoms with E-state index >= 15 is 0 Å². The highest BCUT2D eigenvalue weighted by Crippen LogP contribution is 2.23. The van der Waals surface area contributed by atoms with E-state index in [1.54, 1.807) is 24.3 Å². The van der Waals surface area contributed by atoms with Gasteiger partial charge in [0.1, 0.15) is 6.29 Å². The van der Waals surface area contributed by atoms with Gasteiger partial charge in [-0.05, 0) is 73.5 Å². The fourth-order valence-electron chi connectivity index (χ4n) is 4.80. The van der Waals surface area contributed by atoms with Crippen LogP contribution in [-0.4, -0.2) is 60.6 Å². The molecule has 2 unspecified atom stereocenters. The van der Waals surface area contributed by atoms with Gasteiger partial charge in [0.05, 0.1) is 16.6 Å². The number of carbonyl (C=O) groups is 2. The molecule has 7 N–H and O–H groups in total. The molecule has 3 aromatic carbocycles. The van der Waals surface area contributed by atoms with E-state index in [9.17, 15) is 23.1 Å². The Balaban J connectivity index is 1.36. The molecule has 0 aliphatic carbocycles. The summed E-state index contributed by atoms with van der Waals surface area (Å²) in [6.45, 7) is 1.23. The van der Waals surface area contributed by atoms with Gasteiger partial charge in [-0.25, -0.2) is 13.2 Å². The summed E-state index contributed by atoms with van der Waals surface area (Å²) in [6.07, 6.45) is 5.79. The molecule has 2 heterocycles. The van der Waals surface area contributed by atoms with Gasteiger partial charge in [0, 0.05) is 17.5 Å². The smallest absolute Gasteiger partial charge is 0.345 e. The molecule has 0 bridgehead atoms. The number of carbonyl (C=O) groups excluding carboxylic acids is 1. The average molecular weight is 604 g/mol. The largest absolute Gasteiger partial charge is 0.478 e. The molecule has 13 heteroatoms. The van der Waals surface area contributed by atoms with Crippen molar-refractivity contribution in [3.63, 3.8) is 0 Å². The van der Waals surface area contributed by atoms with Gasteiger partial charge in [-0.2, -0.15) is 9.82 Å². The average Bonchev–Trinajstić information content (AvgIpc) is 3.50. The molecule has 0 saturated heterocycles. The molecule has 1 aliphatic heterocycles. The van der Waals surface area contributed by atoms with Crippen molar-refractivity contribution in [3.8, 4) is 11.1 Å². The van der Waals surface area contributed by atoms with Gasteiger partial charge < -0.3 is 15.7 Å². The number of H-pyrrole nitrogens is 1. The number of sulfonamides is 1. The molecular formula is C30H33N7O5S. The van der Waals surface area contributed by atoms with Gasteiger partial charge in [0.15, 0.2) is 0 Å². The van der Waals surface area contributed by atoms with Crippen LogP contribution in [0.4, 0.5) is 0 Å². The number of aromatic nitrogens is 2. The number of nitrogens with one attached hydrogen (secondary N) is 6. The topological polar surface area (TPSA) is 177 Å². The molecule has 1 amide bonds. The zero-order chi connectivity index (χ0) is 30.3. The summed E-state index contributed by atoms with van der Waals surface area (Å²) in [5.41, 5.74) is 0.255. The number of amides is 1. The Morgan fingerprint density at radius 2 is 1.77 bits per heavy atom. The second-order valence-corrected chi connectivity index (χ2v) is 11.8. The van der Waals surface area contributed by atoms with Crippen LogP contribution >= 0.6 is 0 Å². The Kier molecular flexibility index (Phi) is 9.16. The van der Waals surface area contributed by atoms with Crippen LogP contribution in [0, 0.1) is 0 Å². The number of unbranched alkanes of at least 4 members (excludes halogenated alkanes) is 1. The standard InChI is InChI=1S/C30H33N7O5S/c38-27(23-11-14-26-24(19-23)20-34-36-26)35-30(28(39)40,15-4-5-16-31-29-32-17-6-18-33-29)37-43(41,42)25-12-9-22(10-13-25)21-7-2-1-3-8-21/h1-3,6-14,17,19-20,29,31-33,37H,4-5,15-16,18H2,(H,34,36)(H,35,38)(H,39,40). The van der Waals surface area contributed by atoms with E-state index in [0.717, 1.165) is 11.1 Å². The van der Waals surface area contributed by atoms with Crippen LogP contribution in [0.1, 0.15) is 29.6 Å². The van der Waals surface area contributed by atoms with Crippen LogP contribution in [0.2, 0.25) is 0 Å². The Labute approximate surface area is 249 Å². The molecule has 1 aliphatic rings. The third kappa shape index (κ3) is 7.27. The van der Waals surface area contributed by atoms with Crippen molar-refractivity contribution in [2.75, 3.05) is 13.1 Å². The third-order valence-electron chi connectivity index (χ3n) is 7.12. The van der Waals surface area contributed by atoms with E-state index in [2.05, 4.69) is 36.2 Å². The van der Waals surface area contributed by atoms with Gasteiger partial charge in [0.2, 0.25) is 15.7 Å². The van der Waals surface area contributed by atoms with Crippen LogP contribution in [0.25, 0.3) is 22.0 Å². The number of hydrogen-bond donors (Lipinski definition) is 7. The predicted molar refractivity (Wildman–Crippen MR) is 162 cm³/mol. The van der Waals surface area contributed by atoms with Crippen molar-refractivity contribution >= 4 is 32.8 Å². The first kappa shape index (κ1) is 29.9. The van der Waals surface area contributed by atoms with Crippen molar-refractivity contribution in [1.82, 2.24) is 36.2 Å². The summed E-state index contributed by atoms with van der Waals surface area (Å²) in [7, 11) is -4.38. The second-order valence-electron chi connectivity index (χ2n) is 10.2. The molecule has 1 aromatic heterocycles. The fraction of sp³-hybridized carbons (Fsp3) is 0.233. The molecule has 4 aromatic rings. The molecule has 12 nitrogen and oxygen atoms in total. The number of fused-ring (bicyclic) bond motifs is 1. The number of hydrogen-bond acceptors (Lipinski definition) is 8. The normalized spacial score (nSPS) is 16.3. The summed E-state index contributed by atoms with van der Waals surface area (Å²) in [6, 6.07) is 20.3. The van der Waals surface area contributed by atoms with Crippen molar-refractivity contribution in [1.29, 1.82) is 0 Å². The lowest BCUT2D eigenvalue weighted by Crippen LogP contribution is -2.65. The minimum atomic E-state index is -4.38. The van der Waals surface area contributed by atoms with E-state index < -0.39 is 27.6 Å². The van der Waals surface area contributed by atoms with E-state index in [1.165, 1.54) is 24.4 Å². The molecule has 0 radical (unpaired) electrons. The first-order valence-corrected chi connectivity index (χ1v) is 15.3. The van der Waals surface area contributed by atoms with Crippen molar-refractivity contribution in [2.24, 2.45) is 0 Å². The van der Waals surface area contributed by atoms with E-state index in [0.29, 0.717) is 36.8 Å². The Morgan fingerprint density at radius 3 is 2.49 bits per heavy atom. The minimum absolute atomic E-state index is 0.129. The van der Waals surface area contributed by atoms with Crippen molar-refractivity contribution in [2.45, 2.75) is 36.1 Å². The number of aromatic amines is 1. The maximum Gasteiger partial charge on any atom is 0.345 e. The van der Waals surface area contributed by atoms with Gasteiger partial charge >= 0.3 is 5.97 Å². The highest BCUT2D eigenvalue weighted by atomic mass is 32.2. The highest BCUT2D eigenvalue weighted by molar-refractivity contribution is 7.89. The molecule has 2 atom stereocenters. The second kappa shape index (κ2) is 13.2. The summed E-state index contributed by atoms with van der Waals surface area (Å²) < 4.78 is 29.5. The first-order chi connectivity index (χ1) is 20.8. The maximum absolute atomic E-state index is 13.6. The zero-order valence-corrected chi connectivity index (χ0v) is 24.0. The van der Waals surface area contributed by atoms with E-state index in [1.807, 2.05) is 42.6 Å². The summed E-state index contributed by atoms with van der Waals surface area (Å²) in [5.74, 6) is -2.27. The number of carboxylic acids is 1. The number of rotatable bonds is 13. The molecule has 0 saturated carbocycles. The third-order valence-corrected chi connectivity index (χ3v) is 8.63. The van der Waals surface area contributed by atoms with E-state index in [-0.39, 0.29) is 23.2 Å². The van der Waals surface area contributed by atoms with Gasteiger partial charge in [-0.15, -0.1) is 0 Å². The Hall–Kier alpha value is -4.56. The molecule has 0 fully saturated rings. The Bertz CT molecular complexity index is 1710. The lowest BCUT2D eigenvalue weighted by molar-refractivity contribution is -0.145. The highest BCUT2D eigenvalue weighted by Gasteiger charge is 2.44. The van der Waals surface area contributed by atoms with Crippen LogP contribution < -0.4 is 26.0 Å². The van der Waals surface area contributed by atoms with E-state index in [4.69, 9.17) is 0 Å². The summed E-state index contributed by atoms with van der Waals surface area (Å²) in [5, 5.41) is 29.9. The minimum Gasteiger partial charge on any atom is -0.478 e. The lowest BCUT2D eigenvalue weighted by Gasteiger charge is -2.31. The maximum atomic E-state index is 13.6. The van der Waals surface area contributed by atoms with Gasteiger partial charge in [-0.1, -0.05) is 48.5 Å². The molecule has 5 rings (SSSR count). The number of carboxylic acid groups (broad SMARTS) is 1. The van der Waals surface area contributed by atoms with Gasteiger partial charge in [0.25, 0.3) is 5.91 Å². The Morgan fingerprint density at radius 1 is 1.00 bits per heavy atom. The van der Waals surface area contributed by atoms with Gasteiger partial charge in [-0.3, -0.25) is 20.5 Å². The predicted octanol–water partition coefficient (Wildman–Crippen LogP) is 2.47. The first-order valence-electron chi connectivity index (χ1n) is 13.8. The number of aliphatic carboxylic acids is 1. The van der Waals surface area contributed by atoms with Crippen molar-refractivity contribution < 1.29 is 23.1 Å². The lowest BCUT2D eigenvalue weighted by atomic mass is 10.0. The van der Waals surface area contributed by atoms with Crippen LogP contribution in [0.3, 0.4) is 0 Å². The number of benzene rings is 3. The fourth-order valence-corrected chi connectivity index (χ4v) is 6.11. The quantitative estimate of drug-likeness (QED) is 0.0894.